The van der Waals surface area contributed by atoms with E-state index in [4.69, 9.17) is 0 Å². The van der Waals surface area contributed by atoms with Gasteiger partial charge in [0.2, 0.25) is 0 Å². The molecule has 0 unspecified atom stereocenters. The molecule has 0 saturated carbocycles. The smallest absolute Gasteiger partial charge is 0.333 e. The second-order valence-corrected chi connectivity index (χ2v) is 2.13. The van der Waals surface area contributed by atoms with Gasteiger partial charge in [-0.05, 0) is 18.2 Å². The average Bonchev–Trinajstić information content (AvgIpc) is 1.98. The summed E-state index contributed by atoms with van der Waals surface area (Å²) >= 11 is 4.57. The Morgan fingerprint density at radius 3 is 2.80 bits per heavy atom. The summed E-state index contributed by atoms with van der Waals surface area (Å²) in [5.74, 6) is -0.350. The quantitative estimate of drug-likeness (QED) is 0.352. The van der Waals surface area contributed by atoms with Gasteiger partial charge in [0.15, 0.2) is 0 Å². The van der Waals surface area contributed by atoms with Crippen molar-refractivity contribution in [1.29, 1.82) is 0 Å². The molecule has 0 amide bonds. The Hall–Kier alpha value is -0.700. The highest BCUT2D eigenvalue weighted by atomic mass is 32.1. The molecule has 0 bridgehead atoms. The van der Waals surface area contributed by atoms with Crippen molar-refractivity contribution >= 4 is 23.6 Å². The zero-order chi connectivity index (χ0) is 7.98. The summed E-state index contributed by atoms with van der Waals surface area (Å²) < 4.78 is 4.42. The van der Waals surface area contributed by atoms with E-state index in [1.165, 1.54) is 7.11 Å². The fourth-order valence-electron chi connectivity index (χ4n) is 0.480. The first kappa shape index (κ1) is 9.30. The zero-order valence-corrected chi connectivity index (χ0v) is 6.74. The minimum absolute atomic E-state index is 0.350. The van der Waals surface area contributed by atoms with E-state index < -0.39 is 0 Å². The van der Waals surface area contributed by atoms with Crippen LogP contribution in [0.25, 0.3) is 0 Å². The molecule has 0 fully saturated rings. The van der Waals surface area contributed by atoms with Crippen molar-refractivity contribution in [2.45, 2.75) is 12.8 Å². The third-order valence-corrected chi connectivity index (χ3v) is 1.27. The van der Waals surface area contributed by atoms with E-state index >= 15 is 0 Å². The van der Waals surface area contributed by atoms with Crippen LogP contribution in [-0.2, 0) is 9.53 Å². The molecule has 10 heavy (non-hydrogen) atoms. The van der Waals surface area contributed by atoms with Crippen LogP contribution in [-0.4, -0.2) is 18.4 Å². The number of thiocarbonyl (C=S) groups is 1. The number of ether oxygens (including phenoxy) is 1. The Morgan fingerprint density at radius 1 is 1.80 bits per heavy atom. The Kier molecular flexibility index (Phi) is 4.76. The predicted octanol–water partition coefficient (Wildman–Crippen LogP) is 1.50. The third-order valence-electron chi connectivity index (χ3n) is 1.04. The molecule has 0 aliphatic carbocycles. The maximum atomic E-state index is 10.6. The molecule has 56 valence electrons. The monoisotopic (exact) mass is 158 g/mol. The van der Waals surface area contributed by atoms with Crippen LogP contribution in [0.5, 0.6) is 0 Å². The molecular formula is C7H10O2S. The lowest BCUT2D eigenvalue weighted by atomic mass is 10.2. The molecule has 2 nitrogen and oxygen atoms in total. The number of carbonyl (C=O) groups excluding carboxylic acids is 1. The number of carbonyl (C=O) groups is 1. The molecule has 0 aromatic carbocycles. The number of rotatable bonds is 4. The molecular weight excluding hydrogens is 148 g/mol. The van der Waals surface area contributed by atoms with Crippen LogP contribution in [0.1, 0.15) is 12.8 Å². The molecule has 0 N–H and O–H groups in total. The maximum absolute atomic E-state index is 10.6. The Balaban J connectivity index is 3.62. The van der Waals surface area contributed by atoms with Crippen LogP contribution < -0.4 is 0 Å². The Labute approximate surface area is 65.9 Å². The van der Waals surface area contributed by atoms with E-state index in [9.17, 15) is 4.79 Å². The van der Waals surface area contributed by atoms with Crippen LogP contribution in [0.3, 0.4) is 0 Å². The summed E-state index contributed by atoms with van der Waals surface area (Å²) in [6.07, 6.45) is 1.29. The summed E-state index contributed by atoms with van der Waals surface area (Å²) in [6.45, 7) is 3.52. The molecule has 0 atom stereocenters. The van der Waals surface area contributed by atoms with Crippen molar-refractivity contribution in [3.63, 3.8) is 0 Å². The lowest BCUT2D eigenvalue weighted by Gasteiger charge is -1.98. The van der Waals surface area contributed by atoms with Gasteiger partial charge in [-0.3, -0.25) is 0 Å². The minimum Gasteiger partial charge on any atom is -0.466 e. The maximum Gasteiger partial charge on any atom is 0.333 e. The van der Waals surface area contributed by atoms with Crippen LogP contribution in [0.15, 0.2) is 12.2 Å². The lowest BCUT2D eigenvalue weighted by Crippen LogP contribution is -2.03. The molecule has 0 radical (unpaired) electrons. The van der Waals surface area contributed by atoms with E-state index in [0.29, 0.717) is 18.4 Å². The van der Waals surface area contributed by atoms with Crippen LogP contribution in [0.4, 0.5) is 0 Å². The summed E-state index contributed by atoms with van der Waals surface area (Å²) in [7, 11) is 1.34. The van der Waals surface area contributed by atoms with Gasteiger partial charge < -0.3 is 4.74 Å². The largest absolute Gasteiger partial charge is 0.466 e. The van der Waals surface area contributed by atoms with Crippen LogP contribution >= 0.6 is 12.2 Å². The first-order chi connectivity index (χ1) is 4.72. The summed E-state index contributed by atoms with van der Waals surface area (Å²) in [4.78, 5) is 10.6. The van der Waals surface area contributed by atoms with Gasteiger partial charge in [0, 0.05) is 5.57 Å². The Morgan fingerprint density at radius 2 is 2.40 bits per heavy atom. The number of esters is 1. The number of hydrogen-bond acceptors (Lipinski definition) is 3. The van der Waals surface area contributed by atoms with Crippen molar-refractivity contribution in [3.05, 3.63) is 12.2 Å². The Bertz CT molecular complexity index is 152. The second-order valence-electron chi connectivity index (χ2n) is 1.80. The van der Waals surface area contributed by atoms with Gasteiger partial charge in [0.05, 0.1) is 7.11 Å². The van der Waals surface area contributed by atoms with Gasteiger partial charge in [-0.2, -0.15) is 0 Å². The molecule has 0 spiro atoms. The number of methoxy groups -OCH3 is 1. The highest BCUT2D eigenvalue weighted by Gasteiger charge is 2.03. The van der Waals surface area contributed by atoms with E-state index in [-0.39, 0.29) is 5.97 Å². The van der Waals surface area contributed by atoms with Crippen molar-refractivity contribution in [3.8, 4) is 0 Å². The van der Waals surface area contributed by atoms with Crippen LogP contribution in [0, 0.1) is 0 Å². The van der Waals surface area contributed by atoms with Crippen molar-refractivity contribution in [1.82, 2.24) is 0 Å². The molecule has 0 heterocycles. The summed E-state index contributed by atoms with van der Waals surface area (Å²) in [6, 6.07) is 0. The lowest BCUT2D eigenvalue weighted by molar-refractivity contribution is -0.136. The third kappa shape index (κ3) is 3.35. The molecule has 0 saturated heterocycles. The standard InChI is InChI=1S/C7H10O2S/c1-6(4-3-5-10)7(8)9-2/h5H,1,3-4H2,2H3. The van der Waals surface area contributed by atoms with Gasteiger partial charge in [-0.1, -0.05) is 18.8 Å². The number of hydrogen-bond donors (Lipinski definition) is 0. The highest BCUT2D eigenvalue weighted by molar-refractivity contribution is 7.78. The van der Waals surface area contributed by atoms with Gasteiger partial charge >= 0.3 is 5.97 Å². The topological polar surface area (TPSA) is 26.3 Å². The van der Waals surface area contributed by atoms with Crippen LogP contribution in [0.2, 0.25) is 0 Å². The van der Waals surface area contributed by atoms with Crippen molar-refractivity contribution in [2.24, 2.45) is 0 Å². The molecule has 0 aliphatic heterocycles. The minimum atomic E-state index is -0.350. The van der Waals surface area contributed by atoms with E-state index in [1.807, 2.05) is 0 Å². The summed E-state index contributed by atoms with van der Waals surface area (Å²) in [5.41, 5.74) is 0.476. The molecule has 0 rings (SSSR count). The van der Waals surface area contributed by atoms with E-state index in [1.54, 1.807) is 5.37 Å². The van der Waals surface area contributed by atoms with E-state index in [2.05, 4.69) is 23.5 Å². The molecule has 3 heteroatoms. The first-order valence-electron chi connectivity index (χ1n) is 2.92. The normalized spacial score (nSPS) is 8.50. The SMILES string of the molecule is C=C(CCC=S)C(=O)OC. The second kappa shape index (κ2) is 5.11. The predicted molar refractivity (Wildman–Crippen MR) is 44.0 cm³/mol. The van der Waals surface area contributed by atoms with E-state index in [0.717, 1.165) is 0 Å². The average molecular weight is 158 g/mol. The van der Waals surface area contributed by atoms with Crippen molar-refractivity contribution in [2.75, 3.05) is 7.11 Å². The highest BCUT2D eigenvalue weighted by Crippen LogP contribution is 2.01. The molecule has 0 aromatic heterocycles. The summed E-state index contributed by atoms with van der Waals surface area (Å²) in [5, 5.41) is 1.58. The van der Waals surface area contributed by atoms with Gasteiger partial charge in [0.25, 0.3) is 0 Å². The first-order valence-corrected chi connectivity index (χ1v) is 3.39. The molecule has 0 aliphatic rings. The van der Waals surface area contributed by atoms with Crippen molar-refractivity contribution < 1.29 is 9.53 Å². The zero-order valence-electron chi connectivity index (χ0n) is 5.92. The van der Waals surface area contributed by atoms with Gasteiger partial charge in [-0.15, -0.1) is 0 Å². The van der Waals surface area contributed by atoms with Gasteiger partial charge in [0.1, 0.15) is 0 Å². The fraction of sp³-hybridized carbons (Fsp3) is 0.429. The van der Waals surface area contributed by atoms with Gasteiger partial charge in [-0.25, -0.2) is 4.79 Å². The molecule has 0 aromatic rings. The fourth-order valence-corrected chi connectivity index (χ4v) is 0.597.